The second-order valence-corrected chi connectivity index (χ2v) is 1.77. The van der Waals surface area contributed by atoms with Gasteiger partial charge in [0.05, 0.1) is 0 Å². The minimum atomic E-state index is 0. The zero-order valence-corrected chi connectivity index (χ0v) is 8.98. The Morgan fingerprint density at radius 3 is 0.692 bits per heavy atom. The van der Waals surface area contributed by atoms with Crippen molar-refractivity contribution in [2.45, 2.75) is 74.7 Å². The molecule has 0 radical (unpaired) electrons. The van der Waals surface area contributed by atoms with Crippen molar-refractivity contribution in [2.75, 3.05) is 7.11 Å². The summed E-state index contributed by atoms with van der Waals surface area (Å²) in [7, 11) is 1.00. The van der Waals surface area contributed by atoms with Gasteiger partial charge in [0, 0.05) is 7.11 Å². The molecule has 0 aromatic carbocycles. The lowest BCUT2D eigenvalue weighted by Gasteiger charge is -1.67. The molecule has 1 aliphatic carbocycles. The fourth-order valence-corrected chi connectivity index (χ4v) is 0.884. The SMILES string of the molecule is C.C.C1CCCC1.CC.CC.CO. The van der Waals surface area contributed by atoms with Crippen LogP contribution in [-0.4, -0.2) is 12.2 Å². The van der Waals surface area contributed by atoms with E-state index in [2.05, 4.69) is 0 Å². The number of aliphatic hydroxyl groups excluding tert-OH is 1. The molecule has 0 unspecified atom stereocenters. The van der Waals surface area contributed by atoms with E-state index in [-0.39, 0.29) is 14.9 Å². The van der Waals surface area contributed by atoms with Gasteiger partial charge in [0.1, 0.15) is 0 Å². The molecule has 0 heterocycles. The van der Waals surface area contributed by atoms with E-state index in [0.29, 0.717) is 0 Å². The van der Waals surface area contributed by atoms with Crippen molar-refractivity contribution in [2.24, 2.45) is 0 Å². The van der Waals surface area contributed by atoms with Gasteiger partial charge in [-0.15, -0.1) is 0 Å². The quantitative estimate of drug-likeness (QED) is 0.582. The van der Waals surface area contributed by atoms with Crippen LogP contribution in [0.2, 0.25) is 0 Å². The first-order valence-corrected chi connectivity index (χ1v) is 4.95. The first-order chi connectivity index (χ1) is 5.50. The van der Waals surface area contributed by atoms with E-state index in [1.54, 1.807) is 0 Å². The van der Waals surface area contributed by atoms with E-state index in [0.717, 1.165) is 7.11 Å². The third kappa shape index (κ3) is 48.2. The lowest BCUT2D eigenvalue weighted by atomic mass is 10.4. The number of hydrogen-bond donors (Lipinski definition) is 1. The Morgan fingerprint density at radius 2 is 0.615 bits per heavy atom. The Balaban J connectivity index is -0.0000000239. The smallest absolute Gasteiger partial charge is 0.0319 e. The molecule has 1 nitrogen and oxygen atoms in total. The van der Waals surface area contributed by atoms with Crippen molar-refractivity contribution < 1.29 is 5.11 Å². The van der Waals surface area contributed by atoms with E-state index < -0.39 is 0 Å². The summed E-state index contributed by atoms with van der Waals surface area (Å²) in [4.78, 5) is 0. The van der Waals surface area contributed by atoms with Gasteiger partial charge in [-0.3, -0.25) is 0 Å². The summed E-state index contributed by atoms with van der Waals surface area (Å²) in [6.45, 7) is 8.00. The molecular formula is C12H34O. The van der Waals surface area contributed by atoms with E-state index in [9.17, 15) is 0 Å². The standard InChI is InChI=1S/C5H10.2C2H6.CH4O.2CH4/c1-2-4-5-3-1;3*1-2;;/h1-5H2;2*1-2H3;2H,1H3;2*1H4. The Labute approximate surface area is 87.6 Å². The van der Waals surface area contributed by atoms with Crippen LogP contribution in [0.1, 0.15) is 74.7 Å². The van der Waals surface area contributed by atoms with Gasteiger partial charge >= 0.3 is 0 Å². The van der Waals surface area contributed by atoms with Gasteiger partial charge in [0.15, 0.2) is 0 Å². The highest BCUT2D eigenvalue weighted by molar-refractivity contribution is 4.51. The zero-order chi connectivity index (χ0) is 9.54. The Hall–Kier alpha value is -0.0400. The molecule has 1 heteroatoms. The predicted octanol–water partition coefficient (Wildman–Crippen LogP) is 4.88. The van der Waals surface area contributed by atoms with Gasteiger partial charge in [-0.05, 0) is 0 Å². The van der Waals surface area contributed by atoms with E-state index >= 15 is 0 Å². The van der Waals surface area contributed by atoms with Crippen molar-refractivity contribution in [1.29, 1.82) is 0 Å². The van der Waals surface area contributed by atoms with Crippen LogP contribution in [0.3, 0.4) is 0 Å². The van der Waals surface area contributed by atoms with Crippen molar-refractivity contribution in [3.8, 4) is 0 Å². The molecule has 0 saturated heterocycles. The molecule has 0 amide bonds. The summed E-state index contributed by atoms with van der Waals surface area (Å²) in [5.74, 6) is 0. The van der Waals surface area contributed by atoms with E-state index in [4.69, 9.17) is 5.11 Å². The Bertz CT molecular complexity index is 16.7. The second-order valence-electron chi connectivity index (χ2n) is 1.77. The van der Waals surface area contributed by atoms with Crippen LogP contribution in [0.5, 0.6) is 0 Å². The summed E-state index contributed by atoms with van der Waals surface area (Å²) in [5.41, 5.74) is 0. The normalized spacial score (nSPS) is 10.6. The molecule has 88 valence electrons. The molecule has 0 aromatic heterocycles. The monoisotopic (exact) mass is 194 g/mol. The lowest BCUT2D eigenvalue weighted by molar-refractivity contribution is 0.399. The van der Waals surface area contributed by atoms with Crippen LogP contribution in [-0.2, 0) is 0 Å². The minimum absolute atomic E-state index is 0. The average Bonchev–Trinajstić information content (AvgIpc) is 2.71. The highest BCUT2D eigenvalue weighted by Crippen LogP contribution is 2.15. The Kier molecular flexibility index (Phi) is 131. The van der Waals surface area contributed by atoms with Crippen molar-refractivity contribution in [1.82, 2.24) is 0 Å². The van der Waals surface area contributed by atoms with Gasteiger partial charge < -0.3 is 5.11 Å². The molecular weight excluding hydrogens is 160 g/mol. The molecule has 0 atom stereocenters. The molecule has 1 rings (SSSR count). The fraction of sp³-hybridized carbons (Fsp3) is 1.00. The Morgan fingerprint density at radius 1 is 0.538 bits per heavy atom. The largest absolute Gasteiger partial charge is 0.400 e. The molecule has 0 spiro atoms. The van der Waals surface area contributed by atoms with E-state index in [1.165, 1.54) is 32.1 Å². The molecule has 1 fully saturated rings. The highest BCUT2D eigenvalue weighted by Gasteiger charge is 1.95. The first-order valence-electron chi connectivity index (χ1n) is 4.95. The third-order valence-corrected chi connectivity index (χ3v) is 1.25. The molecule has 1 N–H and O–H groups in total. The summed E-state index contributed by atoms with van der Waals surface area (Å²) >= 11 is 0. The van der Waals surface area contributed by atoms with Gasteiger partial charge in [0.25, 0.3) is 0 Å². The third-order valence-electron chi connectivity index (χ3n) is 1.25. The van der Waals surface area contributed by atoms with Crippen LogP contribution < -0.4 is 0 Å². The zero-order valence-electron chi connectivity index (χ0n) is 8.98. The lowest BCUT2D eigenvalue weighted by Crippen LogP contribution is -1.47. The molecule has 0 aliphatic heterocycles. The van der Waals surface area contributed by atoms with Crippen molar-refractivity contribution in [3.05, 3.63) is 0 Å². The number of hydrogen-bond acceptors (Lipinski definition) is 1. The van der Waals surface area contributed by atoms with Gasteiger partial charge in [-0.2, -0.15) is 0 Å². The molecule has 0 bridgehead atoms. The summed E-state index contributed by atoms with van der Waals surface area (Å²) in [6.07, 6.45) is 7.50. The summed E-state index contributed by atoms with van der Waals surface area (Å²) in [5, 5.41) is 7.00. The molecule has 0 aromatic rings. The maximum absolute atomic E-state index is 7.00. The fourth-order valence-electron chi connectivity index (χ4n) is 0.884. The number of rotatable bonds is 0. The summed E-state index contributed by atoms with van der Waals surface area (Å²) in [6, 6.07) is 0. The minimum Gasteiger partial charge on any atom is -0.400 e. The second kappa shape index (κ2) is 58.4. The maximum atomic E-state index is 7.00. The first kappa shape index (κ1) is 29.3. The number of aliphatic hydroxyl groups is 1. The average molecular weight is 194 g/mol. The van der Waals surface area contributed by atoms with Crippen molar-refractivity contribution >= 4 is 0 Å². The van der Waals surface area contributed by atoms with Crippen molar-refractivity contribution in [3.63, 3.8) is 0 Å². The van der Waals surface area contributed by atoms with Crippen LogP contribution in [0.15, 0.2) is 0 Å². The molecule has 1 saturated carbocycles. The van der Waals surface area contributed by atoms with Crippen LogP contribution in [0.25, 0.3) is 0 Å². The van der Waals surface area contributed by atoms with Crippen LogP contribution in [0.4, 0.5) is 0 Å². The molecule has 1 aliphatic rings. The van der Waals surface area contributed by atoms with E-state index in [1.807, 2.05) is 27.7 Å². The topological polar surface area (TPSA) is 20.2 Å². The van der Waals surface area contributed by atoms with Gasteiger partial charge in [0.2, 0.25) is 0 Å². The summed E-state index contributed by atoms with van der Waals surface area (Å²) < 4.78 is 0. The predicted molar refractivity (Wildman–Crippen MR) is 67.4 cm³/mol. The molecule has 13 heavy (non-hydrogen) atoms. The van der Waals surface area contributed by atoms with Gasteiger partial charge in [-0.1, -0.05) is 74.7 Å². The van der Waals surface area contributed by atoms with Crippen LogP contribution in [0, 0.1) is 0 Å². The van der Waals surface area contributed by atoms with Gasteiger partial charge in [-0.25, -0.2) is 0 Å². The highest BCUT2D eigenvalue weighted by atomic mass is 16.2. The maximum Gasteiger partial charge on any atom is 0.0319 e. The van der Waals surface area contributed by atoms with Crippen LogP contribution >= 0.6 is 0 Å².